The van der Waals surface area contributed by atoms with Crippen LogP contribution < -0.4 is 0 Å². The van der Waals surface area contributed by atoms with Crippen molar-refractivity contribution < 1.29 is 23.9 Å². The van der Waals surface area contributed by atoms with Crippen LogP contribution in [0.4, 0.5) is 0 Å². The minimum absolute atomic E-state index is 0.0341. The quantitative estimate of drug-likeness (QED) is 0.678. The average molecular weight is 342 g/mol. The summed E-state index contributed by atoms with van der Waals surface area (Å²) in [5.74, 6) is -1.58. The summed E-state index contributed by atoms with van der Waals surface area (Å²) >= 11 is 0. The molecule has 25 heavy (non-hydrogen) atoms. The number of nitrogens with zero attached hydrogens (tertiary/aromatic N) is 2. The predicted molar refractivity (Wildman–Crippen MR) is 87.8 cm³/mol. The smallest absolute Gasteiger partial charge is 0.339 e. The van der Waals surface area contributed by atoms with Crippen LogP contribution in [0.5, 0.6) is 0 Å². The van der Waals surface area contributed by atoms with E-state index in [2.05, 4.69) is 9.97 Å². The largest absolute Gasteiger partial charge is 0.462 e. The molecule has 0 saturated carbocycles. The normalized spacial score (nSPS) is 10.3. The van der Waals surface area contributed by atoms with Gasteiger partial charge in [0.15, 0.2) is 0 Å². The Morgan fingerprint density at radius 3 is 1.76 bits per heavy atom. The highest BCUT2D eigenvalue weighted by atomic mass is 16.5. The third-order valence-corrected chi connectivity index (χ3v) is 3.27. The zero-order chi connectivity index (χ0) is 18.1. The van der Waals surface area contributed by atoms with Crippen molar-refractivity contribution in [3.05, 3.63) is 60.2 Å². The minimum atomic E-state index is -0.541. The lowest BCUT2D eigenvalue weighted by Crippen LogP contribution is -2.23. The van der Waals surface area contributed by atoms with E-state index in [0.29, 0.717) is 11.1 Å². The van der Waals surface area contributed by atoms with Crippen molar-refractivity contribution in [2.75, 3.05) is 13.2 Å². The molecule has 130 valence electrons. The second-order valence-electron chi connectivity index (χ2n) is 5.45. The van der Waals surface area contributed by atoms with E-state index in [1.54, 1.807) is 36.7 Å². The first-order valence-electron chi connectivity index (χ1n) is 7.70. The van der Waals surface area contributed by atoms with E-state index < -0.39 is 17.9 Å². The molecule has 0 aromatic carbocycles. The van der Waals surface area contributed by atoms with Gasteiger partial charge in [-0.25, -0.2) is 9.59 Å². The Labute approximate surface area is 145 Å². The number of carbonyl (C=O) groups is 3. The number of Topliss-reactive ketones (excluding diaryl/α,β-unsaturated/α-hetero) is 1. The predicted octanol–water partition coefficient (Wildman–Crippen LogP) is 2.09. The van der Waals surface area contributed by atoms with Crippen LogP contribution in [-0.4, -0.2) is 40.9 Å². The monoisotopic (exact) mass is 342 g/mol. The molecular formula is C18H18N2O5. The molecule has 7 nitrogen and oxygen atoms in total. The van der Waals surface area contributed by atoms with Crippen molar-refractivity contribution in [3.8, 4) is 0 Å². The first kappa shape index (κ1) is 18.3. The number of esters is 2. The molecule has 0 saturated heterocycles. The molecule has 0 fully saturated rings. The second kappa shape index (κ2) is 9.27. The molecule has 0 aliphatic carbocycles. The molecule has 2 aromatic heterocycles. The molecular weight excluding hydrogens is 324 g/mol. The lowest BCUT2D eigenvalue weighted by atomic mass is 10.1. The summed E-state index contributed by atoms with van der Waals surface area (Å²) in [5.41, 5.74) is 0.632. The molecule has 0 bridgehead atoms. The van der Waals surface area contributed by atoms with E-state index in [1.165, 1.54) is 19.3 Å². The summed E-state index contributed by atoms with van der Waals surface area (Å²) in [6, 6.07) is 6.41. The molecule has 0 radical (unpaired) electrons. The van der Waals surface area contributed by atoms with Crippen molar-refractivity contribution in [1.82, 2.24) is 9.97 Å². The summed E-state index contributed by atoms with van der Waals surface area (Å²) in [6.45, 7) is 1.36. The van der Waals surface area contributed by atoms with Crippen molar-refractivity contribution in [1.29, 1.82) is 0 Å². The van der Waals surface area contributed by atoms with Crippen molar-refractivity contribution in [2.45, 2.75) is 13.3 Å². The summed E-state index contributed by atoms with van der Waals surface area (Å²) in [4.78, 5) is 42.9. The van der Waals surface area contributed by atoms with Crippen LogP contribution in [0.1, 0.15) is 34.1 Å². The van der Waals surface area contributed by atoms with Crippen LogP contribution >= 0.6 is 0 Å². The van der Waals surface area contributed by atoms with Crippen LogP contribution in [-0.2, 0) is 14.3 Å². The van der Waals surface area contributed by atoms with E-state index >= 15 is 0 Å². The number of aromatic nitrogens is 2. The molecule has 0 atom stereocenters. The molecule has 2 aromatic rings. The maximum absolute atomic E-state index is 11.9. The van der Waals surface area contributed by atoms with Gasteiger partial charge in [-0.3, -0.25) is 9.97 Å². The third-order valence-electron chi connectivity index (χ3n) is 3.27. The number of ketones is 1. The van der Waals surface area contributed by atoms with Gasteiger partial charge < -0.3 is 14.3 Å². The van der Waals surface area contributed by atoms with E-state index in [1.807, 2.05) is 0 Å². The van der Waals surface area contributed by atoms with Crippen LogP contribution in [0, 0.1) is 5.92 Å². The highest BCUT2D eigenvalue weighted by molar-refractivity contribution is 5.89. The van der Waals surface area contributed by atoms with Gasteiger partial charge in [0.1, 0.15) is 5.78 Å². The fourth-order valence-electron chi connectivity index (χ4n) is 2.09. The van der Waals surface area contributed by atoms with Gasteiger partial charge in [0.05, 0.1) is 24.3 Å². The van der Waals surface area contributed by atoms with E-state index in [9.17, 15) is 14.4 Å². The Bertz CT molecular complexity index is 663. The summed E-state index contributed by atoms with van der Waals surface area (Å²) in [5, 5.41) is 0. The van der Waals surface area contributed by atoms with Gasteiger partial charge in [-0.15, -0.1) is 0 Å². The lowest BCUT2D eigenvalue weighted by molar-refractivity contribution is -0.118. The Morgan fingerprint density at radius 1 is 0.920 bits per heavy atom. The number of ether oxygens (including phenoxy) is 2. The molecule has 0 N–H and O–H groups in total. The number of hydrogen-bond acceptors (Lipinski definition) is 7. The first-order valence-corrected chi connectivity index (χ1v) is 7.70. The van der Waals surface area contributed by atoms with Crippen molar-refractivity contribution in [2.24, 2.45) is 5.92 Å². The molecule has 0 aliphatic heterocycles. The number of carbonyl (C=O) groups excluding carboxylic acids is 3. The molecule has 2 heterocycles. The SMILES string of the molecule is CC(=O)CC(COC(=O)c1cccnc1)COC(=O)c1cccnc1. The lowest BCUT2D eigenvalue weighted by Gasteiger charge is -2.16. The number of hydrogen-bond donors (Lipinski definition) is 0. The van der Waals surface area contributed by atoms with E-state index in [0.717, 1.165) is 0 Å². The van der Waals surface area contributed by atoms with E-state index in [4.69, 9.17) is 9.47 Å². The Balaban J connectivity index is 1.89. The van der Waals surface area contributed by atoms with Crippen LogP contribution in [0.2, 0.25) is 0 Å². The molecule has 0 amide bonds. The van der Waals surface area contributed by atoms with Crippen LogP contribution in [0.25, 0.3) is 0 Å². The van der Waals surface area contributed by atoms with Gasteiger partial charge in [-0.05, 0) is 31.2 Å². The van der Waals surface area contributed by atoms with Crippen molar-refractivity contribution >= 4 is 17.7 Å². The zero-order valence-electron chi connectivity index (χ0n) is 13.8. The van der Waals surface area contributed by atoms with Gasteiger partial charge in [-0.2, -0.15) is 0 Å². The maximum atomic E-state index is 11.9. The third kappa shape index (κ3) is 6.14. The summed E-state index contributed by atoms with van der Waals surface area (Å²) < 4.78 is 10.4. The molecule has 0 aliphatic rings. The van der Waals surface area contributed by atoms with E-state index in [-0.39, 0.29) is 25.4 Å². The van der Waals surface area contributed by atoms with Gasteiger partial charge in [-0.1, -0.05) is 0 Å². The van der Waals surface area contributed by atoms with Crippen LogP contribution in [0.15, 0.2) is 49.1 Å². The highest BCUT2D eigenvalue weighted by Gasteiger charge is 2.18. The Kier molecular flexibility index (Phi) is 6.76. The topological polar surface area (TPSA) is 95.5 Å². The van der Waals surface area contributed by atoms with Gasteiger partial charge in [0.2, 0.25) is 0 Å². The Hall–Kier alpha value is -3.09. The number of rotatable bonds is 8. The molecule has 0 unspecified atom stereocenters. The molecule has 0 spiro atoms. The first-order chi connectivity index (χ1) is 12.1. The molecule has 7 heteroatoms. The fraction of sp³-hybridized carbons (Fsp3) is 0.278. The molecule has 2 rings (SSSR count). The minimum Gasteiger partial charge on any atom is -0.462 e. The maximum Gasteiger partial charge on any atom is 0.339 e. The van der Waals surface area contributed by atoms with Gasteiger partial charge in [0.25, 0.3) is 0 Å². The fourth-order valence-corrected chi connectivity index (χ4v) is 2.09. The van der Waals surface area contributed by atoms with Gasteiger partial charge in [0, 0.05) is 37.1 Å². The number of pyridine rings is 2. The average Bonchev–Trinajstić information content (AvgIpc) is 2.64. The second-order valence-corrected chi connectivity index (χ2v) is 5.45. The van der Waals surface area contributed by atoms with Crippen molar-refractivity contribution in [3.63, 3.8) is 0 Å². The zero-order valence-corrected chi connectivity index (χ0v) is 13.8. The summed E-state index contributed by atoms with van der Waals surface area (Å²) in [7, 11) is 0. The standard InChI is InChI=1S/C18H18N2O5/c1-13(21)8-14(11-24-17(22)15-4-2-6-19-9-15)12-25-18(23)16-5-3-7-20-10-16/h2-7,9-10,14H,8,11-12H2,1H3. The Morgan fingerprint density at radius 2 is 1.40 bits per heavy atom. The van der Waals surface area contributed by atoms with Gasteiger partial charge >= 0.3 is 11.9 Å². The summed E-state index contributed by atoms with van der Waals surface area (Å²) in [6.07, 6.45) is 6.02. The highest BCUT2D eigenvalue weighted by Crippen LogP contribution is 2.10. The van der Waals surface area contributed by atoms with Crippen LogP contribution in [0.3, 0.4) is 0 Å².